The molecule has 2 rings (SSSR count). The number of hydrogen-bond donors (Lipinski definition) is 2. The van der Waals surface area contributed by atoms with Gasteiger partial charge in [-0.15, -0.1) is 0 Å². The Balaban J connectivity index is 2.00. The Morgan fingerprint density at radius 2 is 1.70 bits per heavy atom. The average molecular weight is 313 g/mol. The summed E-state index contributed by atoms with van der Waals surface area (Å²) in [7, 11) is 1.67. The average Bonchev–Trinajstić information content (AvgIpc) is 2.55. The summed E-state index contributed by atoms with van der Waals surface area (Å²) in [6.07, 6.45) is 2.99. The van der Waals surface area contributed by atoms with Gasteiger partial charge >= 0.3 is 6.03 Å². The standard InChI is InChI=1S/C18H23N3O2/c1-13(22)12-21(3)18(23)20-14(2)15-4-6-16(7-5-15)17-8-10-19-11-9-17/h4-11,13-14,22H,12H2,1-3H3,(H,20,23). The van der Waals surface area contributed by atoms with Crippen LogP contribution in [0.2, 0.25) is 0 Å². The third-order valence-electron chi connectivity index (χ3n) is 3.65. The summed E-state index contributed by atoms with van der Waals surface area (Å²) in [5.41, 5.74) is 3.25. The molecular weight excluding hydrogens is 290 g/mol. The first kappa shape index (κ1) is 17.0. The Bertz CT molecular complexity index is 626. The van der Waals surface area contributed by atoms with E-state index < -0.39 is 6.10 Å². The second kappa shape index (κ2) is 7.74. The van der Waals surface area contributed by atoms with Crippen LogP contribution < -0.4 is 5.32 Å². The molecule has 2 amide bonds. The van der Waals surface area contributed by atoms with Crippen molar-refractivity contribution in [2.45, 2.75) is 26.0 Å². The van der Waals surface area contributed by atoms with Gasteiger partial charge in [-0.2, -0.15) is 0 Å². The zero-order chi connectivity index (χ0) is 16.8. The molecule has 1 aromatic carbocycles. The predicted octanol–water partition coefficient (Wildman–Crippen LogP) is 2.83. The number of urea groups is 1. The predicted molar refractivity (Wildman–Crippen MR) is 90.9 cm³/mol. The number of carbonyl (C=O) groups excluding carboxylic acids is 1. The molecule has 5 nitrogen and oxygen atoms in total. The third kappa shape index (κ3) is 4.79. The number of aliphatic hydroxyl groups is 1. The number of likely N-dealkylation sites (N-methyl/N-ethyl adjacent to an activating group) is 1. The number of pyridine rings is 1. The number of aliphatic hydroxyl groups excluding tert-OH is 1. The van der Waals surface area contributed by atoms with Crippen molar-refractivity contribution < 1.29 is 9.90 Å². The summed E-state index contributed by atoms with van der Waals surface area (Å²) in [5, 5.41) is 12.3. The molecule has 1 heterocycles. The van der Waals surface area contributed by atoms with Crippen LogP contribution in [0.15, 0.2) is 48.8 Å². The van der Waals surface area contributed by atoms with Crippen LogP contribution in [0.1, 0.15) is 25.5 Å². The topological polar surface area (TPSA) is 65.5 Å². The first-order valence-corrected chi connectivity index (χ1v) is 7.67. The van der Waals surface area contributed by atoms with Crippen molar-refractivity contribution in [2.24, 2.45) is 0 Å². The van der Waals surface area contributed by atoms with E-state index in [4.69, 9.17) is 0 Å². The second-order valence-electron chi connectivity index (χ2n) is 5.76. The maximum Gasteiger partial charge on any atom is 0.317 e. The molecule has 0 bridgehead atoms. The molecule has 23 heavy (non-hydrogen) atoms. The van der Waals surface area contributed by atoms with E-state index in [0.29, 0.717) is 6.54 Å². The zero-order valence-electron chi connectivity index (χ0n) is 13.7. The fourth-order valence-corrected chi connectivity index (χ4v) is 2.37. The molecule has 0 fully saturated rings. The number of nitrogens with zero attached hydrogens (tertiary/aromatic N) is 2. The highest BCUT2D eigenvalue weighted by atomic mass is 16.3. The van der Waals surface area contributed by atoms with Crippen LogP contribution in [0.4, 0.5) is 4.79 Å². The fourth-order valence-electron chi connectivity index (χ4n) is 2.37. The van der Waals surface area contributed by atoms with Crippen molar-refractivity contribution in [1.29, 1.82) is 0 Å². The lowest BCUT2D eigenvalue weighted by Gasteiger charge is -2.22. The van der Waals surface area contributed by atoms with Gasteiger partial charge in [0, 0.05) is 26.0 Å². The first-order valence-electron chi connectivity index (χ1n) is 7.67. The monoisotopic (exact) mass is 313 g/mol. The molecule has 5 heteroatoms. The lowest BCUT2D eigenvalue weighted by molar-refractivity contribution is 0.142. The smallest absolute Gasteiger partial charge is 0.317 e. The number of amides is 2. The van der Waals surface area contributed by atoms with E-state index in [9.17, 15) is 9.90 Å². The highest BCUT2D eigenvalue weighted by molar-refractivity contribution is 5.74. The molecule has 2 N–H and O–H groups in total. The molecule has 0 spiro atoms. The van der Waals surface area contributed by atoms with Gasteiger partial charge in [0.15, 0.2) is 0 Å². The molecule has 0 saturated heterocycles. The number of rotatable bonds is 5. The van der Waals surface area contributed by atoms with Gasteiger partial charge in [-0.25, -0.2) is 4.79 Å². The third-order valence-corrected chi connectivity index (χ3v) is 3.65. The zero-order valence-corrected chi connectivity index (χ0v) is 13.7. The number of benzene rings is 1. The van der Waals surface area contributed by atoms with Crippen molar-refractivity contribution in [3.63, 3.8) is 0 Å². The summed E-state index contributed by atoms with van der Waals surface area (Å²) in [5.74, 6) is 0. The largest absolute Gasteiger partial charge is 0.392 e. The quantitative estimate of drug-likeness (QED) is 0.892. The summed E-state index contributed by atoms with van der Waals surface area (Å²) in [6.45, 7) is 3.90. The van der Waals surface area contributed by atoms with Crippen LogP contribution in [-0.4, -0.2) is 40.7 Å². The minimum absolute atomic E-state index is 0.106. The highest BCUT2D eigenvalue weighted by Crippen LogP contribution is 2.21. The van der Waals surface area contributed by atoms with Gasteiger partial charge in [0.2, 0.25) is 0 Å². The minimum atomic E-state index is -0.541. The molecule has 0 radical (unpaired) electrons. The molecule has 122 valence electrons. The van der Waals surface area contributed by atoms with Gasteiger partial charge in [-0.3, -0.25) is 4.98 Å². The molecule has 0 aliphatic carbocycles. The van der Waals surface area contributed by atoms with Gasteiger partial charge in [0.05, 0.1) is 12.1 Å². The van der Waals surface area contributed by atoms with Crippen LogP contribution in [0.25, 0.3) is 11.1 Å². The van der Waals surface area contributed by atoms with Crippen molar-refractivity contribution in [2.75, 3.05) is 13.6 Å². The maximum atomic E-state index is 12.0. The van der Waals surface area contributed by atoms with Crippen molar-refractivity contribution >= 4 is 6.03 Å². The summed E-state index contributed by atoms with van der Waals surface area (Å²) < 4.78 is 0. The Kier molecular flexibility index (Phi) is 5.71. The van der Waals surface area contributed by atoms with Crippen molar-refractivity contribution in [1.82, 2.24) is 15.2 Å². The number of aromatic nitrogens is 1. The van der Waals surface area contributed by atoms with Crippen LogP contribution in [0.5, 0.6) is 0 Å². The SMILES string of the molecule is CC(O)CN(C)C(=O)NC(C)c1ccc(-c2ccncc2)cc1. The highest BCUT2D eigenvalue weighted by Gasteiger charge is 2.14. The number of hydrogen-bond acceptors (Lipinski definition) is 3. The number of nitrogens with one attached hydrogen (secondary N) is 1. The lowest BCUT2D eigenvalue weighted by Crippen LogP contribution is -2.41. The van der Waals surface area contributed by atoms with Crippen LogP contribution >= 0.6 is 0 Å². The lowest BCUT2D eigenvalue weighted by atomic mass is 10.0. The Labute approximate surface area is 137 Å². The fraction of sp³-hybridized carbons (Fsp3) is 0.333. The Morgan fingerprint density at radius 3 is 2.26 bits per heavy atom. The van der Waals surface area contributed by atoms with E-state index in [1.54, 1.807) is 26.4 Å². The van der Waals surface area contributed by atoms with E-state index in [0.717, 1.165) is 16.7 Å². The molecule has 1 aromatic heterocycles. The second-order valence-corrected chi connectivity index (χ2v) is 5.76. The van der Waals surface area contributed by atoms with E-state index >= 15 is 0 Å². The van der Waals surface area contributed by atoms with E-state index in [1.807, 2.05) is 43.3 Å². The van der Waals surface area contributed by atoms with Crippen LogP contribution in [-0.2, 0) is 0 Å². The van der Waals surface area contributed by atoms with Crippen molar-refractivity contribution in [3.05, 3.63) is 54.4 Å². The summed E-state index contributed by atoms with van der Waals surface area (Å²) >= 11 is 0. The minimum Gasteiger partial charge on any atom is -0.392 e. The molecule has 0 aliphatic rings. The normalized spacial score (nSPS) is 13.2. The summed E-state index contributed by atoms with van der Waals surface area (Å²) in [6, 6.07) is 11.7. The van der Waals surface area contributed by atoms with Gasteiger partial charge < -0.3 is 15.3 Å². The van der Waals surface area contributed by atoms with Crippen molar-refractivity contribution in [3.8, 4) is 11.1 Å². The molecule has 2 atom stereocenters. The first-order chi connectivity index (χ1) is 11.0. The molecular formula is C18H23N3O2. The number of carbonyl (C=O) groups is 1. The van der Waals surface area contributed by atoms with E-state index in [1.165, 1.54) is 4.90 Å². The van der Waals surface area contributed by atoms with E-state index in [-0.39, 0.29) is 12.1 Å². The van der Waals surface area contributed by atoms with Gasteiger partial charge in [-0.1, -0.05) is 24.3 Å². The molecule has 2 aromatic rings. The molecule has 0 aliphatic heterocycles. The van der Waals surface area contributed by atoms with Gasteiger partial charge in [-0.05, 0) is 42.7 Å². The summed E-state index contributed by atoms with van der Waals surface area (Å²) in [4.78, 5) is 17.5. The van der Waals surface area contributed by atoms with Crippen LogP contribution in [0, 0.1) is 0 Å². The van der Waals surface area contributed by atoms with E-state index in [2.05, 4.69) is 10.3 Å². The molecule has 2 unspecified atom stereocenters. The van der Waals surface area contributed by atoms with Gasteiger partial charge in [0.1, 0.15) is 0 Å². The molecule has 0 saturated carbocycles. The maximum absolute atomic E-state index is 12.0. The van der Waals surface area contributed by atoms with Gasteiger partial charge in [0.25, 0.3) is 0 Å². The Hall–Kier alpha value is -2.40. The Morgan fingerprint density at radius 1 is 1.13 bits per heavy atom. The van der Waals surface area contributed by atoms with Crippen LogP contribution in [0.3, 0.4) is 0 Å².